The summed E-state index contributed by atoms with van der Waals surface area (Å²) in [5, 5.41) is 16.4. The molecule has 3 aromatic rings. The van der Waals surface area contributed by atoms with Crippen molar-refractivity contribution in [1.82, 2.24) is 15.1 Å². The highest BCUT2D eigenvalue weighted by atomic mass is 19.4. The summed E-state index contributed by atoms with van der Waals surface area (Å²) in [4.78, 5) is 12.5. The highest BCUT2D eigenvalue weighted by Gasteiger charge is 2.40. The third-order valence-corrected chi connectivity index (χ3v) is 4.58. The van der Waals surface area contributed by atoms with E-state index in [1.54, 1.807) is 49.4 Å². The molecule has 2 aromatic carbocycles. The van der Waals surface area contributed by atoms with E-state index in [0.29, 0.717) is 21.6 Å². The quantitative estimate of drug-likeness (QED) is 0.639. The van der Waals surface area contributed by atoms with Crippen molar-refractivity contribution in [3.05, 3.63) is 77.1 Å². The second kappa shape index (κ2) is 8.58. The van der Waals surface area contributed by atoms with Crippen molar-refractivity contribution in [2.24, 2.45) is 0 Å². The average molecular weight is 419 g/mol. The molecule has 1 amide bonds. The van der Waals surface area contributed by atoms with Gasteiger partial charge in [-0.25, -0.2) is 4.68 Å². The molecule has 0 aliphatic heterocycles. The number of aliphatic hydroxyl groups is 1. The van der Waals surface area contributed by atoms with E-state index >= 15 is 0 Å². The van der Waals surface area contributed by atoms with Crippen LogP contribution in [0.1, 0.15) is 33.3 Å². The van der Waals surface area contributed by atoms with Crippen LogP contribution in [-0.4, -0.2) is 34.4 Å². The first-order chi connectivity index (χ1) is 14.2. The Hall–Kier alpha value is -3.33. The van der Waals surface area contributed by atoms with Gasteiger partial charge in [-0.05, 0) is 36.2 Å². The molecule has 1 unspecified atom stereocenters. The molecular formula is C21H20F3N3O3. The molecule has 1 atom stereocenters. The summed E-state index contributed by atoms with van der Waals surface area (Å²) in [6.45, 7) is 1.39. The van der Waals surface area contributed by atoms with Crippen LogP contribution in [0.2, 0.25) is 0 Å². The van der Waals surface area contributed by atoms with E-state index in [4.69, 9.17) is 4.74 Å². The minimum Gasteiger partial charge on any atom is -0.497 e. The van der Waals surface area contributed by atoms with Crippen LogP contribution in [0.15, 0.2) is 54.7 Å². The predicted molar refractivity (Wildman–Crippen MR) is 104 cm³/mol. The summed E-state index contributed by atoms with van der Waals surface area (Å²) >= 11 is 0. The maximum Gasteiger partial charge on any atom is 0.434 e. The SMILES string of the molecule is COc1ccc(C(O)CNC(=O)c2cnn(-c3ccccc3C)c2C(F)(F)F)cc1. The van der Waals surface area contributed by atoms with Crippen LogP contribution in [-0.2, 0) is 6.18 Å². The molecule has 0 fully saturated rings. The van der Waals surface area contributed by atoms with Gasteiger partial charge >= 0.3 is 6.18 Å². The molecule has 3 rings (SSSR count). The zero-order valence-corrected chi connectivity index (χ0v) is 16.3. The Bertz CT molecular complexity index is 1030. The third kappa shape index (κ3) is 4.46. The molecule has 0 saturated heterocycles. The van der Waals surface area contributed by atoms with Crippen molar-refractivity contribution in [1.29, 1.82) is 0 Å². The first kappa shape index (κ1) is 21.4. The third-order valence-electron chi connectivity index (χ3n) is 4.58. The number of aliphatic hydroxyl groups excluding tert-OH is 1. The number of rotatable bonds is 6. The van der Waals surface area contributed by atoms with Crippen molar-refractivity contribution >= 4 is 5.91 Å². The molecule has 0 aliphatic carbocycles. The fourth-order valence-corrected chi connectivity index (χ4v) is 3.00. The van der Waals surface area contributed by atoms with Crippen LogP contribution < -0.4 is 10.1 Å². The first-order valence-electron chi connectivity index (χ1n) is 9.03. The van der Waals surface area contributed by atoms with E-state index in [0.717, 1.165) is 6.20 Å². The summed E-state index contributed by atoms with van der Waals surface area (Å²) in [6.07, 6.45) is -5.02. The second-order valence-corrected chi connectivity index (χ2v) is 6.60. The average Bonchev–Trinajstić information content (AvgIpc) is 3.18. The molecule has 9 heteroatoms. The molecule has 0 radical (unpaired) electrons. The highest BCUT2D eigenvalue weighted by molar-refractivity contribution is 5.95. The number of amides is 1. The van der Waals surface area contributed by atoms with E-state index in [2.05, 4.69) is 10.4 Å². The number of aromatic nitrogens is 2. The number of ether oxygens (including phenoxy) is 1. The Kier molecular flexibility index (Phi) is 6.12. The summed E-state index contributed by atoms with van der Waals surface area (Å²) in [5.41, 5.74) is -0.501. The van der Waals surface area contributed by atoms with Crippen LogP contribution in [0.4, 0.5) is 13.2 Å². The van der Waals surface area contributed by atoms with E-state index in [1.807, 2.05) is 0 Å². The minimum absolute atomic E-state index is 0.224. The predicted octanol–water partition coefficient (Wildman–Crippen LogP) is 3.67. The van der Waals surface area contributed by atoms with Crippen molar-refractivity contribution in [2.45, 2.75) is 19.2 Å². The lowest BCUT2D eigenvalue weighted by molar-refractivity contribution is -0.143. The van der Waals surface area contributed by atoms with Crippen molar-refractivity contribution in [3.8, 4) is 11.4 Å². The molecule has 1 heterocycles. The zero-order valence-electron chi connectivity index (χ0n) is 16.3. The lowest BCUT2D eigenvalue weighted by atomic mass is 10.1. The van der Waals surface area contributed by atoms with Gasteiger partial charge in [0.15, 0.2) is 5.69 Å². The zero-order chi connectivity index (χ0) is 21.9. The number of aryl methyl sites for hydroxylation is 1. The van der Waals surface area contributed by atoms with E-state index in [-0.39, 0.29) is 12.2 Å². The highest BCUT2D eigenvalue weighted by Crippen LogP contribution is 2.34. The van der Waals surface area contributed by atoms with E-state index < -0.39 is 29.4 Å². The lowest BCUT2D eigenvalue weighted by Crippen LogP contribution is -2.30. The summed E-state index contributed by atoms with van der Waals surface area (Å²) < 4.78 is 47.0. The Balaban J connectivity index is 1.83. The van der Waals surface area contributed by atoms with Gasteiger partial charge in [0.25, 0.3) is 5.91 Å². The normalized spacial score (nSPS) is 12.5. The van der Waals surface area contributed by atoms with Gasteiger partial charge < -0.3 is 15.2 Å². The van der Waals surface area contributed by atoms with Gasteiger partial charge in [0.05, 0.1) is 30.7 Å². The Labute approximate surface area is 170 Å². The van der Waals surface area contributed by atoms with Crippen LogP contribution >= 0.6 is 0 Å². The van der Waals surface area contributed by atoms with Gasteiger partial charge in [0.2, 0.25) is 0 Å². The number of carbonyl (C=O) groups is 1. The van der Waals surface area contributed by atoms with Crippen LogP contribution in [0.3, 0.4) is 0 Å². The van der Waals surface area contributed by atoms with Crippen molar-refractivity contribution in [2.75, 3.05) is 13.7 Å². The van der Waals surface area contributed by atoms with Crippen molar-refractivity contribution < 1.29 is 27.8 Å². The maximum absolute atomic E-state index is 13.8. The van der Waals surface area contributed by atoms with Crippen molar-refractivity contribution in [3.63, 3.8) is 0 Å². The monoisotopic (exact) mass is 419 g/mol. The molecule has 6 nitrogen and oxygen atoms in total. The number of methoxy groups -OCH3 is 1. The molecule has 2 N–H and O–H groups in total. The molecule has 0 bridgehead atoms. The molecule has 158 valence electrons. The van der Waals surface area contributed by atoms with E-state index in [1.165, 1.54) is 13.2 Å². The van der Waals surface area contributed by atoms with Crippen LogP contribution in [0, 0.1) is 6.92 Å². The number of nitrogens with one attached hydrogen (secondary N) is 1. The Morgan fingerprint density at radius 3 is 2.47 bits per heavy atom. The topological polar surface area (TPSA) is 76.4 Å². The number of carbonyl (C=O) groups excluding carboxylic acids is 1. The summed E-state index contributed by atoms with van der Waals surface area (Å²) in [5.74, 6) is -0.386. The van der Waals surface area contributed by atoms with Gasteiger partial charge in [-0.3, -0.25) is 4.79 Å². The van der Waals surface area contributed by atoms with Crippen LogP contribution in [0.25, 0.3) is 5.69 Å². The number of nitrogens with zero attached hydrogens (tertiary/aromatic N) is 2. The van der Waals surface area contributed by atoms with E-state index in [9.17, 15) is 23.1 Å². The fraction of sp³-hybridized carbons (Fsp3) is 0.238. The number of halogens is 3. The number of hydrogen-bond acceptors (Lipinski definition) is 4. The molecule has 0 spiro atoms. The standard InChI is InChI=1S/C21H20F3N3O3/c1-13-5-3-4-6-17(13)27-19(21(22,23)24)16(11-26-27)20(29)25-12-18(28)14-7-9-15(30-2)10-8-14/h3-11,18,28H,12H2,1-2H3,(H,25,29). The maximum atomic E-state index is 13.8. The largest absolute Gasteiger partial charge is 0.497 e. The molecule has 0 aliphatic rings. The molecule has 0 saturated carbocycles. The number of para-hydroxylation sites is 1. The lowest BCUT2D eigenvalue weighted by Gasteiger charge is -2.15. The second-order valence-electron chi connectivity index (χ2n) is 6.60. The van der Waals surface area contributed by atoms with Crippen LogP contribution in [0.5, 0.6) is 5.75 Å². The van der Waals surface area contributed by atoms with Gasteiger partial charge in [-0.1, -0.05) is 30.3 Å². The smallest absolute Gasteiger partial charge is 0.434 e. The fourth-order valence-electron chi connectivity index (χ4n) is 3.00. The molecule has 1 aromatic heterocycles. The van der Waals surface area contributed by atoms with Gasteiger partial charge in [-0.2, -0.15) is 18.3 Å². The first-order valence-corrected chi connectivity index (χ1v) is 9.03. The molecule has 30 heavy (non-hydrogen) atoms. The van der Waals surface area contributed by atoms with Gasteiger partial charge in [-0.15, -0.1) is 0 Å². The number of alkyl halides is 3. The van der Waals surface area contributed by atoms with Gasteiger partial charge in [0.1, 0.15) is 5.75 Å². The number of benzene rings is 2. The number of hydrogen-bond donors (Lipinski definition) is 2. The summed E-state index contributed by atoms with van der Waals surface area (Å²) in [6, 6.07) is 12.9. The Morgan fingerprint density at radius 2 is 1.87 bits per heavy atom. The summed E-state index contributed by atoms with van der Waals surface area (Å²) in [7, 11) is 1.50. The Morgan fingerprint density at radius 1 is 1.20 bits per heavy atom. The minimum atomic E-state index is -4.81. The molecular weight excluding hydrogens is 399 g/mol. The van der Waals surface area contributed by atoms with Gasteiger partial charge in [0, 0.05) is 6.54 Å².